The summed E-state index contributed by atoms with van der Waals surface area (Å²) in [5.74, 6) is -0.896. The number of nitrogens with zero attached hydrogens (tertiary/aromatic N) is 1. The molecule has 0 unspecified atom stereocenters. The summed E-state index contributed by atoms with van der Waals surface area (Å²) in [5, 5.41) is 8.79. The summed E-state index contributed by atoms with van der Waals surface area (Å²) in [6, 6.07) is -0.573. The lowest BCUT2D eigenvalue weighted by atomic mass is 10.0. The molecule has 1 amide bonds. The highest BCUT2D eigenvalue weighted by atomic mass is 32.2. The Labute approximate surface area is 90.6 Å². The van der Waals surface area contributed by atoms with E-state index in [1.165, 1.54) is 22.7 Å². The van der Waals surface area contributed by atoms with Crippen LogP contribution in [0.5, 0.6) is 0 Å². The van der Waals surface area contributed by atoms with Crippen LogP contribution in [0.2, 0.25) is 0 Å². The van der Waals surface area contributed by atoms with Gasteiger partial charge in [-0.1, -0.05) is 12.7 Å². The lowest BCUT2D eigenvalue weighted by Gasteiger charge is -2.47. The van der Waals surface area contributed by atoms with Crippen LogP contribution in [0, 0.1) is 0 Å². The number of β-lactam (4-membered cyclic amide) rings is 1. The number of carboxylic acids is 1. The van der Waals surface area contributed by atoms with Crippen LogP contribution in [0.15, 0.2) is 23.9 Å². The zero-order valence-electron chi connectivity index (χ0n) is 7.84. The van der Waals surface area contributed by atoms with Crippen molar-refractivity contribution in [3.8, 4) is 0 Å². The van der Waals surface area contributed by atoms with Crippen molar-refractivity contribution in [2.45, 2.75) is 11.4 Å². The number of fused-ring (bicyclic) bond motifs is 1. The fourth-order valence-corrected chi connectivity index (χ4v) is 2.98. The van der Waals surface area contributed by atoms with Gasteiger partial charge in [-0.3, -0.25) is 9.69 Å². The molecule has 0 radical (unpaired) electrons. The van der Waals surface area contributed by atoms with Gasteiger partial charge in [0.2, 0.25) is 5.91 Å². The third-order valence-corrected chi connectivity index (χ3v) is 3.81. The molecule has 2 heterocycles. The smallest absolute Gasteiger partial charge is 0.352 e. The maximum absolute atomic E-state index is 11.4. The van der Waals surface area contributed by atoms with Gasteiger partial charge in [0.05, 0.1) is 0 Å². The molecule has 80 valence electrons. The molecular formula is C9H10N2O3S. The second kappa shape index (κ2) is 3.39. The molecule has 0 saturated carbocycles. The van der Waals surface area contributed by atoms with E-state index in [4.69, 9.17) is 10.8 Å². The molecule has 0 spiro atoms. The number of rotatable bonds is 2. The van der Waals surface area contributed by atoms with Crippen LogP contribution in [-0.2, 0) is 9.59 Å². The van der Waals surface area contributed by atoms with Gasteiger partial charge < -0.3 is 10.8 Å². The van der Waals surface area contributed by atoms with Gasteiger partial charge in [-0.05, 0) is 5.57 Å². The van der Waals surface area contributed by atoms with E-state index in [9.17, 15) is 9.59 Å². The molecule has 0 aromatic heterocycles. The third-order valence-electron chi connectivity index (χ3n) is 2.49. The average Bonchev–Trinajstić information content (AvgIpc) is 2.25. The van der Waals surface area contributed by atoms with Crippen molar-refractivity contribution in [2.75, 3.05) is 5.75 Å². The number of hydrogen-bond acceptors (Lipinski definition) is 4. The molecule has 0 aromatic carbocycles. The molecule has 2 aliphatic rings. The molecule has 2 rings (SSSR count). The lowest BCUT2D eigenvalue weighted by Crippen LogP contribution is -2.68. The first kappa shape index (κ1) is 10.3. The number of nitrogens with two attached hydrogens (primary N) is 1. The highest BCUT2D eigenvalue weighted by Gasteiger charge is 2.51. The summed E-state index contributed by atoms with van der Waals surface area (Å²) < 4.78 is 0. The minimum Gasteiger partial charge on any atom is -0.477 e. The Morgan fingerprint density at radius 2 is 2.40 bits per heavy atom. The van der Waals surface area contributed by atoms with Crippen LogP contribution in [0.3, 0.4) is 0 Å². The molecule has 1 fully saturated rings. The Kier molecular flexibility index (Phi) is 2.32. The van der Waals surface area contributed by atoms with Gasteiger partial charge in [0.25, 0.3) is 0 Å². The van der Waals surface area contributed by atoms with E-state index in [0.29, 0.717) is 11.3 Å². The van der Waals surface area contributed by atoms with E-state index in [2.05, 4.69) is 6.58 Å². The van der Waals surface area contributed by atoms with Crippen molar-refractivity contribution in [1.29, 1.82) is 0 Å². The molecule has 6 heteroatoms. The van der Waals surface area contributed by atoms with Crippen molar-refractivity contribution in [1.82, 2.24) is 4.90 Å². The molecule has 0 aromatic rings. The number of carbonyl (C=O) groups is 2. The predicted molar refractivity (Wildman–Crippen MR) is 55.9 cm³/mol. The predicted octanol–water partition coefficient (Wildman–Crippen LogP) is -0.246. The monoisotopic (exact) mass is 226 g/mol. The summed E-state index contributed by atoms with van der Waals surface area (Å²) >= 11 is 1.47. The number of aliphatic carboxylic acids is 1. The van der Waals surface area contributed by atoms with Crippen LogP contribution in [0.1, 0.15) is 0 Å². The molecule has 2 aliphatic heterocycles. The van der Waals surface area contributed by atoms with Crippen molar-refractivity contribution in [2.24, 2.45) is 5.73 Å². The van der Waals surface area contributed by atoms with Gasteiger partial charge in [0, 0.05) is 5.75 Å². The first-order valence-electron chi connectivity index (χ1n) is 4.37. The van der Waals surface area contributed by atoms with E-state index in [-0.39, 0.29) is 17.0 Å². The van der Waals surface area contributed by atoms with Gasteiger partial charge in [-0.2, -0.15) is 0 Å². The normalized spacial score (nSPS) is 29.7. The number of hydrogen-bond donors (Lipinski definition) is 2. The summed E-state index contributed by atoms with van der Waals surface area (Å²) in [6.45, 7) is 3.54. The number of allylic oxidation sites excluding steroid dienone is 1. The molecular weight excluding hydrogens is 216 g/mol. The summed E-state index contributed by atoms with van der Waals surface area (Å²) in [5.41, 5.74) is 6.17. The highest BCUT2D eigenvalue weighted by molar-refractivity contribution is 8.00. The van der Waals surface area contributed by atoms with Crippen molar-refractivity contribution in [3.05, 3.63) is 23.9 Å². The maximum Gasteiger partial charge on any atom is 0.352 e. The first-order valence-corrected chi connectivity index (χ1v) is 5.42. The average molecular weight is 226 g/mol. The second-order valence-corrected chi connectivity index (χ2v) is 4.42. The Morgan fingerprint density at radius 3 is 2.93 bits per heavy atom. The fourth-order valence-electron chi connectivity index (χ4n) is 1.70. The molecule has 3 N–H and O–H groups in total. The largest absolute Gasteiger partial charge is 0.477 e. The highest BCUT2D eigenvalue weighted by Crippen LogP contribution is 2.39. The van der Waals surface area contributed by atoms with Crippen LogP contribution < -0.4 is 5.73 Å². The minimum absolute atomic E-state index is 0.0282. The standard InChI is InChI=1S/C9H10N2O3S/c1-2-4-3-15-8-5(10)7(12)11(8)6(4)9(13)14/h2,5,8H,1,3,10H2,(H,13,14)/t5-,8+/m1/s1. The number of carbonyl (C=O) groups excluding carboxylic acids is 1. The number of carboxylic acid groups (broad SMARTS) is 1. The van der Waals surface area contributed by atoms with Crippen LogP contribution in [-0.4, -0.2) is 39.1 Å². The Balaban J connectivity index is 2.42. The molecule has 1 saturated heterocycles. The van der Waals surface area contributed by atoms with Gasteiger partial charge in [-0.25, -0.2) is 4.79 Å². The van der Waals surface area contributed by atoms with E-state index < -0.39 is 12.0 Å². The lowest BCUT2D eigenvalue weighted by molar-refractivity contribution is -0.147. The zero-order chi connectivity index (χ0) is 11.2. The van der Waals surface area contributed by atoms with Gasteiger partial charge in [0.15, 0.2) is 0 Å². The SMILES string of the molecule is C=CC1=C(C(=O)O)N2C(=O)[C@@H](N)[C@@H]2SC1. The van der Waals surface area contributed by atoms with Gasteiger partial charge in [-0.15, -0.1) is 11.8 Å². The zero-order valence-corrected chi connectivity index (χ0v) is 8.66. The number of thioether (sulfide) groups is 1. The molecule has 15 heavy (non-hydrogen) atoms. The molecule has 0 bridgehead atoms. The molecule has 0 aliphatic carbocycles. The van der Waals surface area contributed by atoms with Gasteiger partial charge >= 0.3 is 5.97 Å². The quantitative estimate of drug-likeness (QED) is 0.634. The molecule has 2 atom stereocenters. The summed E-state index contributed by atoms with van der Waals surface area (Å²) in [4.78, 5) is 23.7. The fraction of sp³-hybridized carbons (Fsp3) is 0.333. The first-order chi connectivity index (χ1) is 7.07. The molecule has 5 nitrogen and oxygen atoms in total. The van der Waals surface area contributed by atoms with Crippen LogP contribution >= 0.6 is 11.8 Å². The van der Waals surface area contributed by atoms with E-state index in [1.54, 1.807) is 0 Å². The van der Waals surface area contributed by atoms with Gasteiger partial charge in [0.1, 0.15) is 17.1 Å². The Bertz CT molecular complexity index is 391. The summed E-state index contributed by atoms with van der Waals surface area (Å²) in [7, 11) is 0. The van der Waals surface area contributed by atoms with Crippen molar-refractivity contribution < 1.29 is 14.7 Å². The topological polar surface area (TPSA) is 83.6 Å². The Hall–Kier alpha value is -1.27. The number of amides is 1. The van der Waals surface area contributed by atoms with E-state index in [0.717, 1.165) is 0 Å². The maximum atomic E-state index is 11.4. The van der Waals surface area contributed by atoms with Crippen molar-refractivity contribution in [3.63, 3.8) is 0 Å². The minimum atomic E-state index is -1.10. The Morgan fingerprint density at radius 1 is 1.73 bits per heavy atom. The third kappa shape index (κ3) is 1.29. The van der Waals surface area contributed by atoms with E-state index in [1.807, 2.05) is 0 Å². The summed E-state index contributed by atoms with van der Waals surface area (Å²) in [6.07, 6.45) is 1.48. The van der Waals surface area contributed by atoms with E-state index >= 15 is 0 Å². The van der Waals surface area contributed by atoms with Crippen LogP contribution in [0.25, 0.3) is 0 Å². The van der Waals surface area contributed by atoms with Crippen LogP contribution in [0.4, 0.5) is 0 Å². The second-order valence-electron chi connectivity index (χ2n) is 3.32. The van der Waals surface area contributed by atoms with Crippen molar-refractivity contribution >= 4 is 23.6 Å².